The summed E-state index contributed by atoms with van der Waals surface area (Å²) in [5.74, 6) is -0.466. The van der Waals surface area contributed by atoms with Crippen LogP contribution in [0.15, 0.2) is 48.5 Å². The summed E-state index contributed by atoms with van der Waals surface area (Å²) in [6.45, 7) is 4.32. The largest absolute Gasteiger partial charge is 0.416 e. The molecule has 0 spiro atoms. The maximum Gasteiger partial charge on any atom is 0.416 e. The maximum absolute atomic E-state index is 12.7. The molecule has 0 radical (unpaired) electrons. The number of hydrogen-bond acceptors (Lipinski definition) is 2. The highest BCUT2D eigenvalue weighted by atomic mass is 19.4. The first-order valence-corrected chi connectivity index (χ1v) is 10.0. The van der Waals surface area contributed by atoms with Gasteiger partial charge in [-0.05, 0) is 55.2 Å². The Morgan fingerprint density at radius 3 is 2.43 bits per heavy atom. The average molecular weight is 418 g/mol. The minimum Gasteiger partial charge on any atom is -0.349 e. The second-order valence-electron chi connectivity index (χ2n) is 7.77. The van der Waals surface area contributed by atoms with Gasteiger partial charge in [-0.15, -0.1) is 0 Å². The van der Waals surface area contributed by atoms with Gasteiger partial charge in [0.25, 0.3) is 0 Å². The number of amides is 2. The summed E-state index contributed by atoms with van der Waals surface area (Å²) in [5.41, 5.74) is 1.69. The Hall–Kier alpha value is -2.83. The molecule has 2 aromatic rings. The predicted octanol–water partition coefficient (Wildman–Crippen LogP) is 4.89. The molecule has 4 nitrogen and oxygen atoms in total. The molecule has 2 amide bonds. The summed E-state index contributed by atoms with van der Waals surface area (Å²) in [6, 6.07) is 12.2. The Bertz CT molecular complexity index is 909. The number of hydrogen-bond donors (Lipinski definition) is 1. The van der Waals surface area contributed by atoms with Crippen LogP contribution in [0.2, 0.25) is 0 Å². The van der Waals surface area contributed by atoms with Crippen LogP contribution in [0.3, 0.4) is 0 Å². The zero-order chi connectivity index (χ0) is 21.9. The Morgan fingerprint density at radius 1 is 1.13 bits per heavy atom. The molecule has 1 saturated heterocycles. The first kappa shape index (κ1) is 21.9. The summed E-state index contributed by atoms with van der Waals surface area (Å²) < 4.78 is 38.0. The quantitative estimate of drug-likeness (QED) is 0.726. The van der Waals surface area contributed by atoms with E-state index >= 15 is 0 Å². The number of carbonyl (C=O) groups is 2. The van der Waals surface area contributed by atoms with E-state index in [2.05, 4.69) is 5.32 Å². The molecule has 0 aromatic heterocycles. The van der Waals surface area contributed by atoms with E-state index in [0.717, 1.165) is 29.8 Å². The number of nitrogens with one attached hydrogen (secondary N) is 1. The van der Waals surface area contributed by atoms with Crippen molar-refractivity contribution in [3.05, 3.63) is 65.2 Å². The molecule has 1 aliphatic heterocycles. The van der Waals surface area contributed by atoms with Crippen LogP contribution in [-0.4, -0.2) is 18.4 Å². The monoisotopic (exact) mass is 418 g/mol. The van der Waals surface area contributed by atoms with Gasteiger partial charge in [-0.2, -0.15) is 13.2 Å². The third-order valence-electron chi connectivity index (χ3n) is 5.38. The third kappa shape index (κ3) is 5.20. The van der Waals surface area contributed by atoms with Crippen LogP contribution >= 0.6 is 0 Å². The van der Waals surface area contributed by atoms with Crippen LogP contribution in [0, 0.1) is 5.92 Å². The molecule has 2 aromatic carbocycles. The number of carbonyl (C=O) groups excluding carboxylic acids is 2. The van der Waals surface area contributed by atoms with Crippen LogP contribution in [0.4, 0.5) is 18.9 Å². The average Bonchev–Trinajstić information content (AvgIpc) is 3.13. The van der Waals surface area contributed by atoms with Crippen molar-refractivity contribution >= 4 is 17.5 Å². The normalized spacial score (nSPS) is 16.4. The summed E-state index contributed by atoms with van der Waals surface area (Å²) in [5, 5.41) is 2.96. The number of benzene rings is 2. The van der Waals surface area contributed by atoms with Gasteiger partial charge in [0.05, 0.1) is 11.6 Å². The Morgan fingerprint density at radius 2 is 1.83 bits per heavy atom. The summed E-state index contributed by atoms with van der Waals surface area (Å²) >= 11 is 0. The molecule has 1 fully saturated rings. The minimum absolute atomic E-state index is 0.106. The van der Waals surface area contributed by atoms with Gasteiger partial charge in [0.1, 0.15) is 0 Å². The van der Waals surface area contributed by atoms with Crippen molar-refractivity contribution in [3.63, 3.8) is 0 Å². The van der Waals surface area contributed by atoms with E-state index in [0.29, 0.717) is 24.9 Å². The molecule has 1 heterocycles. The lowest BCUT2D eigenvalue weighted by atomic mass is 9.98. The van der Waals surface area contributed by atoms with Crippen molar-refractivity contribution < 1.29 is 22.8 Å². The molecule has 0 aliphatic carbocycles. The second-order valence-corrected chi connectivity index (χ2v) is 7.77. The molecule has 3 rings (SSSR count). The highest BCUT2D eigenvalue weighted by Crippen LogP contribution is 2.29. The topological polar surface area (TPSA) is 49.4 Å². The molecular weight excluding hydrogens is 393 g/mol. The van der Waals surface area contributed by atoms with Gasteiger partial charge in [0.15, 0.2) is 0 Å². The molecule has 0 saturated carbocycles. The van der Waals surface area contributed by atoms with Gasteiger partial charge in [0, 0.05) is 24.6 Å². The van der Waals surface area contributed by atoms with E-state index < -0.39 is 17.7 Å². The van der Waals surface area contributed by atoms with Crippen molar-refractivity contribution in [1.82, 2.24) is 5.32 Å². The van der Waals surface area contributed by atoms with Crippen LogP contribution in [0.5, 0.6) is 0 Å². The van der Waals surface area contributed by atoms with Crippen LogP contribution in [-0.2, 0) is 22.2 Å². The SMILES string of the molecule is CC(Cc1ccc(C(F)(F)F)cc1)C(=O)NC(C)c1cccc(N2CCCC2=O)c1. The van der Waals surface area contributed by atoms with Gasteiger partial charge in [-0.1, -0.05) is 31.2 Å². The summed E-state index contributed by atoms with van der Waals surface area (Å²) in [6.07, 6.45) is -2.63. The van der Waals surface area contributed by atoms with Crippen molar-refractivity contribution in [1.29, 1.82) is 0 Å². The number of nitrogens with zero attached hydrogens (tertiary/aromatic N) is 1. The fourth-order valence-corrected chi connectivity index (χ4v) is 3.60. The number of alkyl halides is 3. The van der Waals surface area contributed by atoms with Crippen molar-refractivity contribution in [2.45, 2.75) is 45.3 Å². The lowest BCUT2D eigenvalue weighted by molar-refractivity contribution is -0.137. The number of halogens is 3. The van der Waals surface area contributed by atoms with E-state index in [9.17, 15) is 22.8 Å². The van der Waals surface area contributed by atoms with Crippen molar-refractivity contribution in [2.24, 2.45) is 5.92 Å². The predicted molar refractivity (Wildman–Crippen MR) is 109 cm³/mol. The molecule has 1 aliphatic rings. The molecule has 2 atom stereocenters. The lowest BCUT2D eigenvalue weighted by Gasteiger charge is -2.21. The van der Waals surface area contributed by atoms with Gasteiger partial charge >= 0.3 is 6.18 Å². The molecular formula is C23H25F3N2O2. The van der Waals surface area contributed by atoms with E-state index in [4.69, 9.17) is 0 Å². The fourth-order valence-electron chi connectivity index (χ4n) is 3.60. The standard InChI is InChI=1S/C23H25F3N2O2/c1-15(13-17-8-10-19(11-9-17)23(24,25)26)22(30)27-16(2)18-5-3-6-20(14-18)28-12-4-7-21(28)29/h3,5-6,8-11,14-16H,4,7,12-13H2,1-2H3,(H,27,30). The smallest absolute Gasteiger partial charge is 0.349 e. The Labute approximate surface area is 174 Å². The van der Waals surface area contributed by atoms with Gasteiger partial charge in [-0.3, -0.25) is 9.59 Å². The van der Waals surface area contributed by atoms with E-state index in [-0.39, 0.29) is 17.9 Å². The zero-order valence-corrected chi connectivity index (χ0v) is 17.0. The van der Waals surface area contributed by atoms with Crippen molar-refractivity contribution in [3.8, 4) is 0 Å². The third-order valence-corrected chi connectivity index (χ3v) is 5.38. The summed E-state index contributed by atoms with van der Waals surface area (Å²) in [4.78, 5) is 26.3. The minimum atomic E-state index is -4.37. The maximum atomic E-state index is 12.7. The fraction of sp³-hybridized carbons (Fsp3) is 0.391. The van der Waals surface area contributed by atoms with Crippen molar-refractivity contribution in [2.75, 3.05) is 11.4 Å². The van der Waals surface area contributed by atoms with E-state index in [1.165, 1.54) is 12.1 Å². The van der Waals surface area contributed by atoms with Gasteiger partial charge in [-0.25, -0.2) is 0 Å². The summed E-state index contributed by atoms with van der Waals surface area (Å²) in [7, 11) is 0. The highest BCUT2D eigenvalue weighted by molar-refractivity contribution is 5.95. The van der Waals surface area contributed by atoms with E-state index in [1.54, 1.807) is 11.8 Å². The molecule has 2 unspecified atom stereocenters. The number of rotatable bonds is 6. The molecule has 0 bridgehead atoms. The zero-order valence-electron chi connectivity index (χ0n) is 17.0. The molecule has 1 N–H and O–H groups in total. The molecule has 7 heteroatoms. The highest BCUT2D eigenvalue weighted by Gasteiger charge is 2.30. The lowest BCUT2D eigenvalue weighted by Crippen LogP contribution is -2.32. The van der Waals surface area contributed by atoms with Crippen LogP contribution in [0.1, 0.15) is 49.4 Å². The molecule has 30 heavy (non-hydrogen) atoms. The molecule has 160 valence electrons. The second kappa shape index (κ2) is 8.90. The Balaban J connectivity index is 1.60. The first-order chi connectivity index (χ1) is 14.1. The van der Waals surface area contributed by atoms with Crippen LogP contribution < -0.4 is 10.2 Å². The van der Waals surface area contributed by atoms with Gasteiger partial charge < -0.3 is 10.2 Å². The first-order valence-electron chi connectivity index (χ1n) is 10.0. The Kier molecular flexibility index (Phi) is 6.48. The van der Waals surface area contributed by atoms with Gasteiger partial charge in [0.2, 0.25) is 11.8 Å². The van der Waals surface area contributed by atoms with E-state index in [1.807, 2.05) is 31.2 Å². The van der Waals surface area contributed by atoms with Crippen LogP contribution in [0.25, 0.3) is 0 Å². The number of anilines is 1.